The summed E-state index contributed by atoms with van der Waals surface area (Å²) in [6, 6.07) is 6.22. The Balaban J connectivity index is 2.13. The van der Waals surface area contributed by atoms with E-state index in [1.54, 1.807) is 23.0 Å². The first kappa shape index (κ1) is 11.0. The summed E-state index contributed by atoms with van der Waals surface area (Å²) in [6.07, 6.45) is 3.81. The van der Waals surface area contributed by atoms with Crippen LogP contribution in [0.5, 0.6) is 0 Å². The van der Waals surface area contributed by atoms with Crippen LogP contribution in [0.15, 0.2) is 36.7 Å². The van der Waals surface area contributed by atoms with Crippen molar-refractivity contribution < 1.29 is 9.72 Å². The molecule has 6 nitrogen and oxygen atoms in total. The number of aldehydes is 1. The Labute approximate surface area is 96.6 Å². The summed E-state index contributed by atoms with van der Waals surface area (Å²) in [7, 11) is 0. The van der Waals surface area contributed by atoms with Gasteiger partial charge >= 0.3 is 0 Å². The predicted octanol–water partition coefficient (Wildman–Crippen LogP) is 1.65. The minimum Gasteiger partial charge on any atom is -0.298 e. The van der Waals surface area contributed by atoms with E-state index in [1.165, 1.54) is 18.3 Å². The molecule has 1 aromatic carbocycles. The number of hydrogen-bond donors (Lipinski definition) is 0. The maximum Gasteiger partial charge on any atom is 0.269 e. The van der Waals surface area contributed by atoms with E-state index in [9.17, 15) is 14.9 Å². The molecular weight excluding hydrogens is 222 g/mol. The topological polar surface area (TPSA) is 78.0 Å². The molecular formula is C11H9N3O3. The van der Waals surface area contributed by atoms with Gasteiger partial charge < -0.3 is 0 Å². The Morgan fingerprint density at radius 3 is 2.59 bits per heavy atom. The smallest absolute Gasteiger partial charge is 0.269 e. The summed E-state index contributed by atoms with van der Waals surface area (Å²) < 4.78 is 1.60. The molecule has 1 aromatic heterocycles. The van der Waals surface area contributed by atoms with E-state index in [2.05, 4.69) is 5.10 Å². The molecule has 0 N–H and O–H groups in total. The van der Waals surface area contributed by atoms with E-state index in [1.807, 2.05) is 0 Å². The molecule has 0 aliphatic carbocycles. The third kappa shape index (κ3) is 2.54. The molecule has 86 valence electrons. The average molecular weight is 231 g/mol. The van der Waals surface area contributed by atoms with Crippen molar-refractivity contribution >= 4 is 12.0 Å². The number of carbonyl (C=O) groups is 1. The molecule has 0 unspecified atom stereocenters. The number of rotatable bonds is 4. The Kier molecular flexibility index (Phi) is 2.95. The number of non-ortho nitro benzene ring substituents is 1. The highest BCUT2D eigenvalue weighted by atomic mass is 16.6. The Hall–Kier alpha value is -2.50. The molecule has 0 aliphatic heterocycles. The second-order valence-electron chi connectivity index (χ2n) is 3.51. The number of nitro groups is 1. The van der Waals surface area contributed by atoms with E-state index < -0.39 is 4.92 Å². The van der Waals surface area contributed by atoms with Gasteiger partial charge in [0, 0.05) is 18.3 Å². The summed E-state index contributed by atoms with van der Waals surface area (Å²) in [5.74, 6) is 0. The molecule has 0 spiro atoms. The fourth-order valence-electron chi connectivity index (χ4n) is 1.44. The van der Waals surface area contributed by atoms with Gasteiger partial charge in [-0.15, -0.1) is 0 Å². The summed E-state index contributed by atoms with van der Waals surface area (Å²) in [5.41, 5.74) is 1.45. The lowest BCUT2D eigenvalue weighted by molar-refractivity contribution is -0.384. The van der Waals surface area contributed by atoms with Crippen LogP contribution in [0.25, 0.3) is 0 Å². The lowest BCUT2D eigenvalue weighted by atomic mass is 10.2. The van der Waals surface area contributed by atoms with Crippen LogP contribution in [-0.2, 0) is 6.54 Å². The summed E-state index contributed by atoms with van der Waals surface area (Å²) in [4.78, 5) is 20.5. The molecule has 0 fully saturated rings. The highest BCUT2D eigenvalue weighted by molar-refractivity contribution is 5.73. The van der Waals surface area contributed by atoms with Crippen LogP contribution >= 0.6 is 0 Å². The molecule has 6 heteroatoms. The minimum absolute atomic E-state index is 0.0581. The van der Waals surface area contributed by atoms with Gasteiger partial charge in [0.2, 0.25) is 0 Å². The Morgan fingerprint density at radius 1 is 1.35 bits per heavy atom. The third-order valence-corrected chi connectivity index (χ3v) is 2.28. The first-order chi connectivity index (χ1) is 8.19. The van der Waals surface area contributed by atoms with Gasteiger partial charge in [0.15, 0.2) is 6.29 Å². The Bertz CT molecular complexity index is 545. The van der Waals surface area contributed by atoms with Crippen molar-refractivity contribution in [2.24, 2.45) is 0 Å². The van der Waals surface area contributed by atoms with Crippen LogP contribution in [0.1, 0.15) is 15.9 Å². The Morgan fingerprint density at radius 2 is 2.06 bits per heavy atom. The fourth-order valence-corrected chi connectivity index (χ4v) is 1.44. The summed E-state index contributed by atoms with van der Waals surface area (Å²) in [6.45, 7) is 0.478. The van der Waals surface area contributed by atoms with Gasteiger partial charge in [-0.25, -0.2) is 0 Å². The molecule has 0 saturated carbocycles. The van der Waals surface area contributed by atoms with Crippen LogP contribution in [0.2, 0.25) is 0 Å². The van der Waals surface area contributed by atoms with Gasteiger partial charge in [-0.3, -0.25) is 19.6 Å². The first-order valence-electron chi connectivity index (χ1n) is 4.90. The highest BCUT2D eigenvalue weighted by Gasteiger charge is 2.04. The molecule has 0 aliphatic rings. The monoisotopic (exact) mass is 231 g/mol. The highest BCUT2D eigenvalue weighted by Crippen LogP contribution is 2.12. The lowest BCUT2D eigenvalue weighted by Gasteiger charge is -2.00. The van der Waals surface area contributed by atoms with E-state index in [-0.39, 0.29) is 5.69 Å². The van der Waals surface area contributed by atoms with Crippen LogP contribution in [0.3, 0.4) is 0 Å². The molecule has 0 bridgehead atoms. The predicted molar refractivity (Wildman–Crippen MR) is 59.8 cm³/mol. The van der Waals surface area contributed by atoms with E-state index in [0.29, 0.717) is 12.1 Å². The number of carbonyl (C=O) groups excluding carboxylic acids is 1. The molecule has 0 amide bonds. The van der Waals surface area contributed by atoms with Crippen molar-refractivity contribution in [1.29, 1.82) is 0 Å². The lowest BCUT2D eigenvalue weighted by Crippen LogP contribution is -2.00. The maximum absolute atomic E-state index is 10.5. The molecule has 0 radical (unpaired) electrons. The van der Waals surface area contributed by atoms with Crippen LogP contribution in [0, 0.1) is 10.1 Å². The second-order valence-corrected chi connectivity index (χ2v) is 3.51. The minimum atomic E-state index is -0.442. The van der Waals surface area contributed by atoms with Gasteiger partial charge in [0.05, 0.1) is 23.2 Å². The number of nitrogens with zero attached hydrogens (tertiary/aromatic N) is 3. The number of benzene rings is 1. The zero-order valence-electron chi connectivity index (χ0n) is 8.81. The zero-order valence-corrected chi connectivity index (χ0v) is 8.81. The van der Waals surface area contributed by atoms with Gasteiger partial charge in [0.25, 0.3) is 5.69 Å². The molecule has 1 heterocycles. The third-order valence-electron chi connectivity index (χ3n) is 2.28. The fraction of sp³-hybridized carbons (Fsp3) is 0.0909. The van der Waals surface area contributed by atoms with Crippen molar-refractivity contribution in [3.63, 3.8) is 0 Å². The largest absolute Gasteiger partial charge is 0.298 e. The van der Waals surface area contributed by atoms with Gasteiger partial charge in [-0.2, -0.15) is 5.10 Å². The van der Waals surface area contributed by atoms with Crippen molar-refractivity contribution in [2.75, 3.05) is 0 Å². The number of nitro benzene ring substituents is 1. The number of hydrogen-bond acceptors (Lipinski definition) is 4. The summed E-state index contributed by atoms with van der Waals surface area (Å²) >= 11 is 0. The van der Waals surface area contributed by atoms with Crippen molar-refractivity contribution in [2.45, 2.75) is 6.54 Å². The average Bonchev–Trinajstić information content (AvgIpc) is 2.77. The molecule has 2 aromatic rings. The molecule has 0 saturated heterocycles. The first-order valence-corrected chi connectivity index (χ1v) is 4.90. The molecule has 0 atom stereocenters. The van der Waals surface area contributed by atoms with Crippen molar-refractivity contribution in [3.8, 4) is 0 Å². The van der Waals surface area contributed by atoms with Crippen LogP contribution < -0.4 is 0 Å². The zero-order chi connectivity index (χ0) is 12.3. The van der Waals surface area contributed by atoms with Crippen LogP contribution in [-0.4, -0.2) is 21.0 Å². The number of aromatic nitrogens is 2. The van der Waals surface area contributed by atoms with E-state index >= 15 is 0 Å². The van der Waals surface area contributed by atoms with Crippen molar-refractivity contribution in [3.05, 3.63) is 57.9 Å². The summed E-state index contributed by atoms with van der Waals surface area (Å²) in [5, 5.41) is 14.5. The second kappa shape index (κ2) is 4.56. The van der Waals surface area contributed by atoms with Gasteiger partial charge in [-0.1, -0.05) is 12.1 Å². The van der Waals surface area contributed by atoms with E-state index in [0.717, 1.165) is 11.8 Å². The van der Waals surface area contributed by atoms with Crippen molar-refractivity contribution in [1.82, 2.24) is 9.78 Å². The maximum atomic E-state index is 10.5. The van der Waals surface area contributed by atoms with E-state index in [4.69, 9.17) is 0 Å². The quantitative estimate of drug-likeness (QED) is 0.455. The van der Waals surface area contributed by atoms with Crippen LogP contribution in [0.4, 0.5) is 5.69 Å². The SMILES string of the molecule is O=Cc1cnn(Cc2ccc([N+](=O)[O-])cc2)c1. The van der Waals surface area contributed by atoms with Gasteiger partial charge in [0.1, 0.15) is 0 Å². The normalized spacial score (nSPS) is 10.1. The molecule has 17 heavy (non-hydrogen) atoms. The standard InChI is InChI=1S/C11H9N3O3/c15-8-10-5-12-13(7-10)6-9-1-3-11(4-2-9)14(16)17/h1-5,7-8H,6H2. The molecule has 2 rings (SSSR count). The van der Waals surface area contributed by atoms with Gasteiger partial charge in [-0.05, 0) is 5.56 Å².